The second-order valence-electron chi connectivity index (χ2n) is 24.7. The molecule has 0 aliphatic rings. The highest BCUT2D eigenvalue weighted by atomic mass is 31.2. The lowest BCUT2D eigenvalue weighted by atomic mass is 10.2. The Kier molecular flexibility index (Phi) is 24.3. The summed E-state index contributed by atoms with van der Waals surface area (Å²) in [6.07, 6.45) is 0. The van der Waals surface area contributed by atoms with Crippen LogP contribution in [0.4, 0.5) is 0 Å². The van der Waals surface area contributed by atoms with E-state index in [1.54, 1.807) is 0 Å². The molecule has 0 N–H and O–H groups in total. The molecular weight excluding hydrogens is 1280 g/mol. The molecule has 0 saturated carbocycles. The number of rotatable bonds is 19. The third-order valence-corrected chi connectivity index (χ3v) is 18.9. The predicted octanol–water partition coefficient (Wildman–Crippen LogP) is 25.2. The average Bonchev–Trinajstić information content (AvgIpc) is 0.753. The van der Waals surface area contributed by atoms with Crippen molar-refractivity contribution >= 4 is 23.1 Å². The van der Waals surface area contributed by atoms with E-state index in [1.807, 2.05) is 380 Å². The van der Waals surface area contributed by atoms with Gasteiger partial charge in [0.2, 0.25) is 0 Å². The van der Waals surface area contributed by atoms with Crippen molar-refractivity contribution < 1.29 is 42.5 Å². The van der Waals surface area contributed by atoms with Crippen LogP contribution in [-0.2, 0) is 4.57 Å². The molecule has 0 spiro atoms. The molecule has 0 aliphatic heterocycles. The molecule has 0 saturated heterocycles. The molecule has 102 heavy (non-hydrogen) atoms. The maximum atomic E-state index is 15.1. The highest BCUT2D eigenvalue weighted by molar-refractivity contribution is 7.85. The normalized spacial score (nSPS) is 10.6. The van der Waals surface area contributed by atoms with Gasteiger partial charge in [0.1, 0.15) is 92.0 Å². The van der Waals surface area contributed by atoms with Crippen LogP contribution in [-0.4, -0.2) is 0 Å². The predicted molar refractivity (Wildman–Crippen MR) is 415 cm³/mol. The average molecular weight is 1360 g/mol. The smallest absolute Gasteiger partial charge is 0.174 e. The number of aryl methyl sites for hydroxylation is 8. The SMILES string of the molecule is Cc1ccc(Oc2ccc(Oc3cccc(C)c3)cc2)cc1.Cc1ccc(Oc2cccc(Oc3ccc(C)cc3)c2)cc1.Cc1cccc(Oc2ccc(P(=O)(c3ccccc3)c3ccccc3)c(Oc3cccc(C)c3)c2)c1.Cc1cccc(Oc2cccc(Oc3cccc(C)c3)c2)c1. The van der Waals surface area contributed by atoms with Crippen molar-refractivity contribution in [1.82, 2.24) is 0 Å². The van der Waals surface area contributed by atoms with Crippen molar-refractivity contribution in [2.24, 2.45) is 0 Å². The first kappa shape index (κ1) is 71.0. The van der Waals surface area contributed by atoms with Crippen LogP contribution in [0.25, 0.3) is 0 Å². The molecule has 0 radical (unpaired) electrons. The number of benzene rings is 14. The first-order chi connectivity index (χ1) is 49.6. The summed E-state index contributed by atoms with van der Waals surface area (Å²) in [5, 5.41) is 2.12. The van der Waals surface area contributed by atoms with Crippen LogP contribution >= 0.6 is 7.14 Å². The molecule has 0 fully saturated rings. The molecular formula is C92H81O9P. The molecule has 0 heterocycles. The van der Waals surface area contributed by atoms with E-state index < -0.39 is 7.14 Å². The summed E-state index contributed by atoms with van der Waals surface area (Å²) in [5.41, 5.74) is 9.35. The lowest BCUT2D eigenvalue weighted by Crippen LogP contribution is -2.26. The van der Waals surface area contributed by atoms with Gasteiger partial charge in [-0.1, -0.05) is 187 Å². The van der Waals surface area contributed by atoms with Gasteiger partial charge in [0, 0.05) is 28.8 Å². The van der Waals surface area contributed by atoms with Gasteiger partial charge >= 0.3 is 0 Å². The fraction of sp³-hybridized carbons (Fsp3) is 0.0870. The van der Waals surface area contributed by atoms with Gasteiger partial charge in [-0.25, -0.2) is 0 Å². The van der Waals surface area contributed by atoms with Crippen LogP contribution in [0.15, 0.2) is 346 Å². The van der Waals surface area contributed by atoms with E-state index in [0.29, 0.717) is 22.6 Å². The Labute approximate surface area is 599 Å². The second kappa shape index (κ2) is 35.0. The maximum Gasteiger partial charge on any atom is 0.174 e. The van der Waals surface area contributed by atoms with Crippen molar-refractivity contribution in [3.63, 3.8) is 0 Å². The zero-order valence-electron chi connectivity index (χ0n) is 58.5. The van der Waals surface area contributed by atoms with E-state index in [-0.39, 0.29) is 0 Å². The minimum atomic E-state index is -3.25. The Balaban J connectivity index is 0.000000141. The van der Waals surface area contributed by atoms with Gasteiger partial charge < -0.3 is 42.5 Å². The molecule has 14 aromatic rings. The Bertz CT molecular complexity index is 4870. The lowest BCUT2D eigenvalue weighted by Gasteiger charge is -2.23. The van der Waals surface area contributed by atoms with Crippen molar-refractivity contribution in [2.75, 3.05) is 0 Å². The molecule has 0 atom stereocenters. The van der Waals surface area contributed by atoms with E-state index in [9.17, 15) is 0 Å². The maximum absolute atomic E-state index is 15.1. The number of hydrogen-bond donors (Lipinski definition) is 0. The summed E-state index contributed by atoms with van der Waals surface area (Å²) in [5.74, 6) is 12.1. The van der Waals surface area contributed by atoms with Crippen LogP contribution in [0, 0.1) is 55.4 Å². The fourth-order valence-corrected chi connectivity index (χ4v) is 13.4. The van der Waals surface area contributed by atoms with E-state index in [4.69, 9.17) is 37.9 Å². The first-order valence-corrected chi connectivity index (χ1v) is 35.4. The lowest BCUT2D eigenvalue weighted by molar-refractivity contribution is 0.459. The van der Waals surface area contributed by atoms with E-state index in [0.717, 1.165) is 96.5 Å². The molecule has 0 aliphatic carbocycles. The van der Waals surface area contributed by atoms with Crippen LogP contribution < -0.4 is 53.8 Å². The Morgan fingerprint density at radius 2 is 0.392 bits per heavy atom. The summed E-state index contributed by atoms with van der Waals surface area (Å²) in [6, 6.07) is 111. The Hall–Kier alpha value is -12.3. The molecule has 508 valence electrons. The van der Waals surface area contributed by atoms with Gasteiger partial charge in [-0.2, -0.15) is 0 Å². The zero-order valence-corrected chi connectivity index (χ0v) is 59.4. The second-order valence-corrected chi connectivity index (χ2v) is 27.4. The van der Waals surface area contributed by atoms with Crippen LogP contribution in [0.2, 0.25) is 0 Å². The van der Waals surface area contributed by atoms with E-state index in [1.165, 1.54) is 33.4 Å². The quantitative estimate of drug-likeness (QED) is 0.0734. The Morgan fingerprint density at radius 3 is 0.676 bits per heavy atom. The molecule has 10 heteroatoms. The highest BCUT2D eigenvalue weighted by Gasteiger charge is 2.33. The third kappa shape index (κ3) is 21.1. The van der Waals surface area contributed by atoms with E-state index in [2.05, 4.69) is 20.8 Å². The molecule has 14 rings (SSSR count). The first-order valence-electron chi connectivity index (χ1n) is 33.7. The number of ether oxygens (including phenoxy) is 8. The summed E-state index contributed by atoms with van der Waals surface area (Å²) >= 11 is 0. The van der Waals surface area contributed by atoms with Crippen molar-refractivity contribution in [1.29, 1.82) is 0 Å². The zero-order chi connectivity index (χ0) is 71.1. The summed E-state index contributed by atoms with van der Waals surface area (Å²) < 4.78 is 62.8. The van der Waals surface area contributed by atoms with Gasteiger partial charge in [0.05, 0.1) is 5.30 Å². The summed E-state index contributed by atoms with van der Waals surface area (Å²) in [6.45, 7) is 16.3. The number of hydrogen-bond acceptors (Lipinski definition) is 9. The van der Waals surface area contributed by atoms with Crippen molar-refractivity contribution in [3.05, 3.63) is 390 Å². The molecule has 0 aromatic heterocycles. The minimum Gasteiger partial charge on any atom is -0.457 e. The third-order valence-electron chi connectivity index (χ3n) is 15.8. The van der Waals surface area contributed by atoms with Gasteiger partial charge in [0.25, 0.3) is 0 Å². The largest absolute Gasteiger partial charge is 0.457 e. The fourth-order valence-electron chi connectivity index (χ4n) is 10.7. The van der Waals surface area contributed by atoms with Gasteiger partial charge in [-0.15, -0.1) is 0 Å². The van der Waals surface area contributed by atoms with Gasteiger partial charge in [-0.05, 0) is 241 Å². The topological polar surface area (TPSA) is 90.9 Å². The molecule has 0 amide bonds. The van der Waals surface area contributed by atoms with E-state index >= 15 is 4.57 Å². The van der Waals surface area contributed by atoms with Gasteiger partial charge in [0.15, 0.2) is 7.14 Å². The Morgan fingerprint density at radius 1 is 0.176 bits per heavy atom. The summed E-state index contributed by atoms with van der Waals surface area (Å²) in [4.78, 5) is 0. The van der Waals surface area contributed by atoms with Crippen LogP contribution in [0.1, 0.15) is 44.5 Å². The van der Waals surface area contributed by atoms with Crippen LogP contribution in [0.5, 0.6) is 92.0 Å². The molecule has 9 nitrogen and oxygen atoms in total. The van der Waals surface area contributed by atoms with Crippen LogP contribution in [0.3, 0.4) is 0 Å². The standard InChI is InChI=1S/C32H27O3P.3C20H18O2/c1-24-11-9-13-26(21-24)34-28-19-20-32(31(23-28)35-27-14-10-12-25(2)22-27)36(33,29-15-5-3-6-16-29)30-17-7-4-8-18-30;1-15-6-3-8-17(12-15)21-19-10-5-11-20(14-19)22-18-9-4-7-16(2)13-18;1-15-6-10-17(11-7-15)21-19-4-3-5-20(14-19)22-18-12-8-16(2)9-13-18;1-15-6-8-17(9-7-15)21-18-10-12-19(13-11-18)22-20-5-3-4-16(2)14-20/h3-23H,1-2H3;3*3-14H,1-2H3. The summed E-state index contributed by atoms with van der Waals surface area (Å²) in [7, 11) is -3.25. The minimum absolute atomic E-state index is 0.502. The molecule has 14 aromatic carbocycles. The van der Waals surface area contributed by atoms with Gasteiger partial charge in [-0.3, -0.25) is 0 Å². The van der Waals surface area contributed by atoms with Crippen molar-refractivity contribution in [3.8, 4) is 92.0 Å². The molecule has 0 bridgehead atoms. The molecule has 0 unspecified atom stereocenters. The highest BCUT2D eigenvalue weighted by Crippen LogP contribution is 2.47. The monoisotopic (exact) mass is 1360 g/mol. The van der Waals surface area contributed by atoms with Crippen molar-refractivity contribution in [2.45, 2.75) is 55.4 Å².